The van der Waals surface area contributed by atoms with Gasteiger partial charge in [-0.25, -0.2) is 0 Å². The summed E-state index contributed by atoms with van der Waals surface area (Å²) in [6, 6.07) is 0. The second kappa shape index (κ2) is 4.76. The molecule has 0 bridgehead atoms. The average Bonchev–Trinajstić information content (AvgIpc) is 2.19. The van der Waals surface area contributed by atoms with Crippen molar-refractivity contribution < 1.29 is 4.74 Å². The van der Waals surface area contributed by atoms with Crippen molar-refractivity contribution in [3.8, 4) is 5.75 Å². The molecule has 4 heteroatoms. The van der Waals surface area contributed by atoms with E-state index in [0.29, 0.717) is 0 Å². The second-order valence-corrected chi connectivity index (χ2v) is 4.93. The Kier molecular flexibility index (Phi) is 4.09. The Morgan fingerprint density at radius 2 is 1.73 bits per heavy atom. The number of hydrogen-bond acceptors (Lipinski definition) is 3. The molecule has 1 unspecified atom stereocenters. The number of ether oxygens (including phenoxy) is 1. The van der Waals surface area contributed by atoms with E-state index in [9.17, 15) is 0 Å². The summed E-state index contributed by atoms with van der Waals surface area (Å²) in [6.07, 6.45) is 0. The third-order valence-corrected chi connectivity index (χ3v) is 4.16. The van der Waals surface area contributed by atoms with Gasteiger partial charge < -0.3 is 10.5 Å². The molecular formula is C11H16BrNOS. The van der Waals surface area contributed by atoms with Crippen LogP contribution in [0.25, 0.3) is 0 Å². The summed E-state index contributed by atoms with van der Waals surface area (Å²) in [5.74, 6) is 0.843. The lowest BCUT2D eigenvalue weighted by Crippen LogP contribution is -2.09. The summed E-state index contributed by atoms with van der Waals surface area (Å²) >= 11 is 7.85. The Morgan fingerprint density at radius 3 is 2.13 bits per heavy atom. The Labute approximate surface area is 105 Å². The monoisotopic (exact) mass is 289 g/mol. The zero-order valence-corrected chi connectivity index (χ0v) is 11.9. The molecule has 0 radical (unpaired) electrons. The molecule has 2 nitrogen and oxygen atoms in total. The number of nitrogens with two attached hydrogens (primary N) is 1. The first-order valence-corrected chi connectivity index (χ1v) is 5.99. The highest BCUT2D eigenvalue weighted by Crippen LogP contribution is 2.39. The fourth-order valence-corrected chi connectivity index (χ4v) is 2.55. The van der Waals surface area contributed by atoms with E-state index in [1.807, 2.05) is 13.8 Å². The molecule has 84 valence electrons. The molecular weight excluding hydrogens is 274 g/mol. The number of methoxy groups -OCH3 is 1. The predicted octanol–water partition coefficient (Wildman–Crippen LogP) is 3.27. The highest BCUT2D eigenvalue weighted by molar-refractivity contribution is 9.10. The van der Waals surface area contributed by atoms with Gasteiger partial charge >= 0.3 is 0 Å². The van der Waals surface area contributed by atoms with Gasteiger partial charge in [-0.1, -0.05) is 15.9 Å². The van der Waals surface area contributed by atoms with Gasteiger partial charge in [0.2, 0.25) is 0 Å². The van der Waals surface area contributed by atoms with Gasteiger partial charge in [-0.2, -0.15) is 12.6 Å². The van der Waals surface area contributed by atoms with Gasteiger partial charge in [-0.15, -0.1) is 0 Å². The summed E-state index contributed by atoms with van der Waals surface area (Å²) in [5, 5.41) is -0.324. The minimum atomic E-state index is -0.324. The largest absolute Gasteiger partial charge is 0.496 e. The molecule has 1 rings (SSSR count). The van der Waals surface area contributed by atoms with Crippen molar-refractivity contribution in [3.63, 3.8) is 0 Å². The summed E-state index contributed by atoms with van der Waals surface area (Å²) in [5.41, 5.74) is 10.2. The maximum Gasteiger partial charge on any atom is 0.127 e. The van der Waals surface area contributed by atoms with Crippen molar-refractivity contribution in [3.05, 3.63) is 26.7 Å². The number of thiol groups is 1. The highest BCUT2D eigenvalue weighted by atomic mass is 79.9. The van der Waals surface area contributed by atoms with E-state index in [-0.39, 0.29) is 5.37 Å². The van der Waals surface area contributed by atoms with Crippen molar-refractivity contribution in [2.75, 3.05) is 7.11 Å². The molecule has 0 aliphatic heterocycles. The molecule has 1 aromatic carbocycles. The van der Waals surface area contributed by atoms with Crippen LogP contribution in [-0.4, -0.2) is 7.11 Å². The maximum absolute atomic E-state index is 5.84. The SMILES string of the molecule is COc1c(C)c(C)c(Br)c(C)c1C(N)S. The van der Waals surface area contributed by atoms with Crippen LogP contribution in [0.15, 0.2) is 4.47 Å². The first kappa shape index (κ1) is 12.9. The number of benzene rings is 1. The summed E-state index contributed by atoms with van der Waals surface area (Å²) in [6.45, 7) is 6.10. The highest BCUT2D eigenvalue weighted by Gasteiger charge is 2.19. The van der Waals surface area contributed by atoms with Crippen LogP contribution in [0.3, 0.4) is 0 Å². The Bertz CT molecular complexity index is 391. The van der Waals surface area contributed by atoms with Crippen LogP contribution in [0.5, 0.6) is 5.75 Å². The van der Waals surface area contributed by atoms with Gasteiger partial charge in [0.15, 0.2) is 0 Å². The lowest BCUT2D eigenvalue weighted by molar-refractivity contribution is 0.405. The molecule has 0 fully saturated rings. The van der Waals surface area contributed by atoms with Crippen molar-refractivity contribution in [1.29, 1.82) is 0 Å². The quantitative estimate of drug-likeness (QED) is 0.647. The zero-order valence-electron chi connectivity index (χ0n) is 9.39. The Balaban J connectivity index is 3.62. The standard InChI is InChI=1S/C11H16BrNOS/c1-5-6(2)10(14-4)8(11(13)15)7(3)9(5)12/h11,15H,13H2,1-4H3. The van der Waals surface area contributed by atoms with E-state index >= 15 is 0 Å². The summed E-state index contributed by atoms with van der Waals surface area (Å²) in [4.78, 5) is 0. The first-order valence-electron chi connectivity index (χ1n) is 4.68. The molecule has 0 saturated heterocycles. The molecule has 0 aromatic heterocycles. The Morgan fingerprint density at radius 1 is 1.20 bits per heavy atom. The van der Waals surface area contributed by atoms with E-state index in [0.717, 1.165) is 26.9 Å². The average molecular weight is 290 g/mol. The fraction of sp³-hybridized carbons (Fsp3) is 0.455. The van der Waals surface area contributed by atoms with E-state index in [2.05, 4.69) is 35.5 Å². The van der Waals surface area contributed by atoms with Gasteiger partial charge in [0.05, 0.1) is 12.5 Å². The third-order valence-electron chi connectivity index (χ3n) is 2.71. The molecule has 0 amide bonds. The van der Waals surface area contributed by atoms with E-state index in [1.165, 1.54) is 5.56 Å². The minimum absolute atomic E-state index is 0.324. The fourth-order valence-electron chi connectivity index (χ4n) is 1.73. The number of rotatable bonds is 2. The zero-order chi connectivity index (χ0) is 11.7. The minimum Gasteiger partial charge on any atom is -0.496 e. The smallest absolute Gasteiger partial charge is 0.127 e. The lowest BCUT2D eigenvalue weighted by atomic mass is 9.99. The predicted molar refractivity (Wildman–Crippen MR) is 70.8 cm³/mol. The van der Waals surface area contributed by atoms with Crippen molar-refractivity contribution >= 4 is 28.6 Å². The second-order valence-electron chi connectivity index (χ2n) is 3.58. The molecule has 0 heterocycles. The number of halogens is 1. The van der Waals surface area contributed by atoms with Crippen molar-refractivity contribution in [2.24, 2.45) is 5.73 Å². The molecule has 0 aliphatic rings. The maximum atomic E-state index is 5.84. The van der Waals surface area contributed by atoms with E-state index < -0.39 is 0 Å². The van der Waals surface area contributed by atoms with Crippen LogP contribution in [0, 0.1) is 20.8 Å². The van der Waals surface area contributed by atoms with Crippen LogP contribution in [-0.2, 0) is 0 Å². The third kappa shape index (κ3) is 2.17. The van der Waals surface area contributed by atoms with Crippen LogP contribution < -0.4 is 10.5 Å². The van der Waals surface area contributed by atoms with Crippen LogP contribution in [0.4, 0.5) is 0 Å². The van der Waals surface area contributed by atoms with Crippen LogP contribution in [0.2, 0.25) is 0 Å². The van der Waals surface area contributed by atoms with Crippen LogP contribution in [0.1, 0.15) is 27.6 Å². The van der Waals surface area contributed by atoms with E-state index in [1.54, 1.807) is 7.11 Å². The topological polar surface area (TPSA) is 35.2 Å². The molecule has 1 aromatic rings. The molecule has 0 spiro atoms. The van der Waals surface area contributed by atoms with E-state index in [4.69, 9.17) is 10.5 Å². The molecule has 0 aliphatic carbocycles. The Hall–Kier alpha value is -0.190. The molecule has 0 saturated carbocycles. The normalized spacial score (nSPS) is 12.7. The number of hydrogen-bond donors (Lipinski definition) is 2. The van der Waals surface area contributed by atoms with Crippen molar-refractivity contribution in [2.45, 2.75) is 26.1 Å². The molecule has 15 heavy (non-hydrogen) atoms. The van der Waals surface area contributed by atoms with Gasteiger partial charge in [-0.3, -0.25) is 0 Å². The summed E-state index contributed by atoms with van der Waals surface area (Å²) in [7, 11) is 1.66. The van der Waals surface area contributed by atoms with Crippen molar-refractivity contribution in [1.82, 2.24) is 0 Å². The molecule has 2 N–H and O–H groups in total. The van der Waals surface area contributed by atoms with Gasteiger partial charge in [0.1, 0.15) is 5.75 Å². The summed E-state index contributed by atoms with van der Waals surface area (Å²) < 4.78 is 6.49. The lowest BCUT2D eigenvalue weighted by Gasteiger charge is -2.20. The van der Waals surface area contributed by atoms with Gasteiger partial charge in [0.25, 0.3) is 0 Å². The van der Waals surface area contributed by atoms with Crippen LogP contribution >= 0.6 is 28.6 Å². The van der Waals surface area contributed by atoms with Gasteiger partial charge in [-0.05, 0) is 37.5 Å². The molecule has 1 atom stereocenters. The van der Waals surface area contributed by atoms with Gasteiger partial charge in [0, 0.05) is 10.0 Å². The first-order chi connectivity index (χ1) is 6.91.